The lowest BCUT2D eigenvalue weighted by atomic mass is 10.2. The Morgan fingerprint density at radius 3 is 2.81 bits per heavy atom. The Bertz CT molecular complexity index is 1410. The Morgan fingerprint density at radius 2 is 2.06 bits per heavy atom. The zero-order valence-corrected chi connectivity index (χ0v) is 18.1. The van der Waals surface area contributed by atoms with Crippen molar-refractivity contribution in [2.24, 2.45) is 0 Å². The molecule has 4 rings (SSSR count). The molecule has 2 aromatic heterocycles. The molecule has 0 aliphatic carbocycles. The molecule has 0 radical (unpaired) electrons. The average molecular weight is 453 g/mol. The van der Waals surface area contributed by atoms with E-state index < -0.39 is 0 Å². The molecule has 0 fully saturated rings. The summed E-state index contributed by atoms with van der Waals surface area (Å²) in [5.74, 6) is 0.278. The van der Waals surface area contributed by atoms with Gasteiger partial charge < -0.3 is 5.32 Å². The SMILES string of the molecule is CCCn1c(=O)c2ccccc2n2c(SCC(=O)Nc3ccc(C#N)c(Cl)c3)nnc12. The van der Waals surface area contributed by atoms with Crippen LogP contribution in [0.1, 0.15) is 18.9 Å². The van der Waals surface area contributed by atoms with Crippen molar-refractivity contribution in [3.63, 3.8) is 0 Å². The molecule has 0 atom stereocenters. The summed E-state index contributed by atoms with van der Waals surface area (Å²) >= 11 is 7.24. The predicted octanol–water partition coefficient (Wildman–Crippen LogP) is 3.71. The van der Waals surface area contributed by atoms with Crippen molar-refractivity contribution in [2.75, 3.05) is 11.1 Å². The van der Waals surface area contributed by atoms with Gasteiger partial charge in [0.05, 0.1) is 27.2 Å². The number of benzene rings is 2. The Balaban J connectivity index is 1.62. The summed E-state index contributed by atoms with van der Waals surface area (Å²) < 4.78 is 3.42. The van der Waals surface area contributed by atoms with Gasteiger partial charge in [-0.2, -0.15) is 5.26 Å². The molecule has 0 aliphatic heterocycles. The Kier molecular flexibility index (Phi) is 5.93. The van der Waals surface area contributed by atoms with Crippen molar-refractivity contribution in [1.82, 2.24) is 19.2 Å². The number of para-hydroxylation sites is 1. The quantitative estimate of drug-likeness (QED) is 0.447. The fourth-order valence-corrected chi connectivity index (χ4v) is 4.23. The number of aromatic nitrogens is 4. The zero-order chi connectivity index (χ0) is 22.0. The first-order valence-electron chi connectivity index (χ1n) is 9.52. The second-order valence-electron chi connectivity index (χ2n) is 6.74. The second kappa shape index (κ2) is 8.79. The number of nitriles is 1. The maximum atomic E-state index is 12.9. The lowest BCUT2D eigenvalue weighted by Crippen LogP contribution is -2.23. The molecule has 31 heavy (non-hydrogen) atoms. The van der Waals surface area contributed by atoms with E-state index in [0.29, 0.717) is 39.6 Å². The van der Waals surface area contributed by atoms with E-state index in [0.717, 1.165) is 6.42 Å². The second-order valence-corrected chi connectivity index (χ2v) is 8.08. The molecule has 1 N–H and O–H groups in total. The third-order valence-electron chi connectivity index (χ3n) is 4.63. The van der Waals surface area contributed by atoms with Crippen LogP contribution in [-0.4, -0.2) is 30.8 Å². The number of carbonyl (C=O) groups is 1. The highest BCUT2D eigenvalue weighted by molar-refractivity contribution is 7.99. The predicted molar refractivity (Wildman–Crippen MR) is 121 cm³/mol. The number of anilines is 1. The van der Waals surface area contributed by atoms with Crippen LogP contribution >= 0.6 is 23.4 Å². The van der Waals surface area contributed by atoms with Gasteiger partial charge in [-0.05, 0) is 36.8 Å². The van der Waals surface area contributed by atoms with E-state index in [4.69, 9.17) is 16.9 Å². The Morgan fingerprint density at radius 1 is 1.26 bits per heavy atom. The lowest BCUT2D eigenvalue weighted by Gasteiger charge is -2.10. The molecular formula is C21H17ClN6O2S. The molecule has 156 valence electrons. The molecule has 0 unspecified atom stereocenters. The third kappa shape index (κ3) is 4.00. The maximum absolute atomic E-state index is 12.9. The molecule has 4 aromatic rings. The van der Waals surface area contributed by atoms with Crippen molar-refractivity contribution < 1.29 is 4.79 Å². The van der Waals surface area contributed by atoms with E-state index in [-0.39, 0.29) is 22.2 Å². The van der Waals surface area contributed by atoms with E-state index in [1.165, 1.54) is 17.8 Å². The topological polar surface area (TPSA) is 105 Å². The van der Waals surface area contributed by atoms with Crippen LogP contribution in [0.4, 0.5) is 5.69 Å². The Hall–Kier alpha value is -3.35. The number of fused-ring (bicyclic) bond motifs is 3. The maximum Gasteiger partial charge on any atom is 0.262 e. The molecule has 10 heteroatoms. The first kappa shape index (κ1) is 20.9. The first-order chi connectivity index (χ1) is 15.0. The average Bonchev–Trinajstić information content (AvgIpc) is 3.19. The number of nitrogens with one attached hydrogen (secondary N) is 1. The minimum Gasteiger partial charge on any atom is -0.325 e. The summed E-state index contributed by atoms with van der Waals surface area (Å²) in [5, 5.41) is 21.5. The number of thioether (sulfide) groups is 1. The van der Waals surface area contributed by atoms with E-state index >= 15 is 0 Å². The van der Waals surface area contributed by atoms with Gasteiger partial charge in [-0.1, -0.05) is 42.4 Å². The van der Waals surface area contributed by atoms with Gasteiger partial charge in [-0.3, -0.25) is 18.6 Å². The van der Waals surface area contributed by atoms with Gasteiger partial charge in [0.25, 0.3) is 5.56 Å². The largest absolute Gasteiger partial charge is 0.325 e. The lowest BCUT2D eigenvalue weighted by molar-refractivity contribution is -0.113. The van der Waals surface area contributed by atoms with E-state index in [2.05, 4.69) is 15.5 Å². The van der Waals surface area contributed by atoms with Crippen LogP contribution in [0.2, 0.25) is 5.02 Å². The van der Waals surface area contributed by atoms with Gasteiger partial charge in [-0.15, -0.1) is 10.2 Å². The number of hydrogen-bond donors (Lipinski definition) is 1. The molecular weight excluding hydrogens is 436 g/mol. The van der Waals surface area contributed by atoms with Gasteiger partial charge in [-0.25, -0.2) is 0 Å². The van der Waals surface area contributed by atoms with Crippen molar-refractivity contribution in [3.05, 3.63) is 63.4 Å². The number of amides is 1. The highest BCUT2D eigenvalue weighted by Crippen LogP contribution is 2.23. The summed E-state index contributed by atoms with van der Waals surface area (Å²) in [6.07, 6.45) is 0.777. The van der Waals surface area contributed by atoms with Gasteiger partial charge in [0.15, 0.2) is 5.16 Å². The zero-order valence-electron chi connectivity index (χ0n) is 16.5. The summed E-state index contributed by atoms with van der Waals surface area (Å²) in [6, 6.07) is 14.0. The normalized spacial score (nSPS) is 11.0. The number of nitrogens with zero attached hydrogens (tertiary/aromatic N) is 5. The molecule has 0 bridgehead atoms. The van der Waals surface area contributed by atoms with E-state index in [9.17, 15) is 9.59 Å². The molecule has 0 saturated carbocycles. The van der Waals surface area contributed by atoms with Crippen LogP contribution < -0.4 is 10.9 Å². The van der Waals surface area contributed by atoms with Crippen molar-refractivity contribution >= 4 is 51.6 Å². The first-order valence-corrected chi connectivity index (χ1v) is 10.9. The standard InChI is InChI=1S/C21H17ClN6O2S/c1-2-9-27-19(30)15-5-3-4-6-17(15)28-20(27)25-26-21(28)31-12-18(29)24-14-8-7-13(11-23)16(22)10-14/h3-8,10H,2,9,12H2,1H3,(H,24,29). The van der Waals surface area contributed by atoms with E-state index in [1.54, 1.807) is 22.8 Å². The molecule has 0 aliphatic rings. The van der Waals surface area contributed by atoms with Crippen LogP contribution in [0.25, 0.3) is 16.7 Å². The van der Waals surface area contributed by atoms with Gasteiger partial charge in [0, 0.05) is 12.2 Å². The van der Waals surface area contributed by atoms with Crippen molar-refractivity contribution in [2.45, 2.75) is 25.0 Å². The molecule has 1 amide bonds. The van der Waals surface area contributed by atoms with Gasteiger partial charge in [0.2, 0.25) is 11.7 Å². The third-order valence-corrected chi connectivity index (χ3v) is 5.87. The van der Waals surface area contributed by atoms with Crippen molar-refractivity contribution in [3.8, 4) is 6.07 Å². The highest BCUT2D eigenvalue weighted by Gasteiger charge is 2.17. The molecule has 0 spiro atoms. The van der Waals surface area contributed by atoms with Crippen LogP contribution in [-0.2, 0) is 11.3 Å². The highest BCUT2D eigenvalue weighted by atomic mass is 35.5. The van der Waals surface area contributed by atoms with Crippen LogP contribution in [0, 0.1) is 11.3 Å². The molecule has 2 heterocycles. The molecule has 0 saturated heterocycles. The summed E-state index contributed by atoms with van der Waals surface area (Å²) in [5.41, 5.74) is 1.43. The minimum absolute atomic E-state index is 0.0830. The number of aryl methyl sites for hydroxylation is 1. The van der Waals surface area contributed by atoms with Crippen LogP contribution in [0.5, 0.6) is 0 Å². The summed E-state index contributed by atoms with van der Waals surface area (Å²) in [4.78, 5) is 25.3. The number of halogens is 1. The van der Waals surface area contributed by atoms with Gasteiger partial charge in [0.1, 0.15) is 6.07 Å². The van der Waals surface area contributed by atoms with Gasteiger partial charge >= 0.3 is 0 Å². The molecule has 8 nitrogen and oxygen atoms in total. The smallest absolute Gasteiger partial charge is 0.262 e. The number of rotatable bonds is 6. The molecule has 2 aromatic carbocycles. The minimum atomic E-state index is -0.256. The van der Waals surface area contributed by atoms with Crippen LogP contribution in [0.15, 0.2) is 52.4 Å². The Labute approximate surface area is 186 Å². The monoisotopic (exact) mass is 452 g/mol. The number of carbonyl (C=O) groups excluding carboxylic acids is 1. The van der Waals surface area contributed by atoms with Crippen LogP contribution in [0.3, 0.4) is 0 Å². The van der Waals surface area contributed by atoms with Crippen molar-refractivity contribution in [1.29, 1.82) is 5.26 Å². The summed E-state index contributed by atoms with van der Waals surface area (Å²) in [6.45, 7) is 2.51. The fraction of sp³-hybridized carbons (Fsp3) is 0.190. The number of hydrogen-bond acceptors (Lipinski definition) is 6. The van der Waals surface area contributed by atoms with E-state index in [1.807, 2.05) is 35.6 Å². The summed E-state index contributed by atoms with van der Waals surface area (Å²) in [7, 11) is 0. The fourth-order valence-electron chi connectivity index (χ4n) is 3.26.